The van der Waals surface area contributed by atoms with E-state index in [1.54, 1.807) is 58.2 Å². The van der Waals surface area contributed by atoms with Gasteiger partial charge in [-0.05, 0) is 52.6 Å². The molecule has 1 aliphatic heterocycles. The molecule has 202 valence electrons. The standard InChI is InChI=1S/C25H37F3N4O4/c1-5-36-18(3)21(30-22(33)17(2)29-4)23(34)32-14-9-12-20(32)16-31(24(35)25(26,27)28)15-13-19-10-7-6-8-11-19/h6-8,10-11,17-18,20-21,29H,5,9,12-16H2,1-4H3,(H,30,33)/t17-,18+,20-,21-/m0/s1. The first kappa shape index (κ1) is 29.6. The Kier molecular flexibility index (Phi) is 11.2. The second kappa shape index (κ2) is 13.6. The third kappa shape index (κ3) is 8.19. The van der Waals surface area contributed by atoms with Gasteiger partial charge in [0.15, 0.2) is 0 Å². The summed E-state index contributed by atoms with van der Waals surface area (Å²) in [7, 11) is 1.62. The van der Waals surface area contributed by atoms with Crippen LogP contribution in [0.15, 0.2) is 30.3 Å². The molecule has 1 aromatic rings. The second-order valence-corrected chi connectivity index (χ2v) is 8.97. The van der Waals surface area contributed by atoms with Crippen LogP contribution in [0.2, 0.25) is 0 Å². The van der Waals surface area contributed by atoms with E-state index in [0.29, 0.717) is 26.0 Å². The smallest absolute Gasteiger partial charge is 0.376 e. The van der Waals surface area contributed by atoms with E-state index in [2.05, 4.69) is 10.6 Å². The minimum atomic E-state index is -5.02. The van der Waals surface area contributed by atoms with Crippen molar-refractivity contribution in [3.63, 3.8) is 0 Å². The first-order valence-corrected chi connectivity index (χ1v) is 12.3. The van der Waals surface area contributed by atoms with E-state index < -0.39 is 48.1 Å². The number of nitrogens with one attached hydrogen (secondary N) is 2. The van der Waals surface area contributed by atoms with Gasteiger partial charge >= 0.3 is 12.1 Å². The number of likely N-dealkylation sites (N-methyl/N-ethyl adjacent to an activating group) is 1. The third-order valence-corrected chi connectivity index (χ3v) is 6.42. The molecular formula is C25H37F3N4O4. The summed E-state index contributed by atoms with van der Waals surface area (Å²) in [6, 6.07) is 6.78. The number of ether oxygens (including phenoxy) is 1. The molecule has 0 bridgehead atoms. The molecular weight excluding hydrogens is 477 g/mol. The summed E-state index contributed by atoms with van der Waals surface area (Å²) in [5.41, 5.74) is 0.809. The number of carbonyl (C=O) groups is 3. The van der Waals surface area contributed by atoms with Gasteiger partial charge in [-0.2, -0.15) is 13.2 Å². The Bertz CT molecular complexity index is 869. The molecule has 1 saturated heterocycles. The highest BCUT2D eigenvalue weighted by Crippen LogP contribution is 2.24. The van der Waals surface area contributed by atoms with Gasteiger partial charge in [-0.25, -0.2) is 0 Å². The van der Waals surface area contributed by atoms with Gasteiger partial charge in [0.2, 0.25) is 11.8 Å². The van der Waals surface area contributed by atoms with Crippen molar-refractivity contribution in [1.29, 1.82) is 0 Å². The Morgan fingerprint density at radius 2 is 1.86 bits per heavy atom. The topological polar surface area (TPSA) is 91.0 Å². The van der Waals surface area contributed by atoms with Crippen LogP contribution >= 0.6 is 0 Å². The zero-order chi connectivity index (χ0) is 26.9. The average Bonchev–Trinajstić information content (AvgIpc) is 3.31. The number of amides is 3. The zero-order valence-electron chi connectivity index (χ0n) is 21.3. The quantitative estimate of drug-likeness (QED) is 0.446. The number of benzene rings is 1. The number of likely N-dealkylation sites (tertiary alicyclic amines) is 1. The number of alkyl halides is 3. The van der Waals surface area contributed by atoms with E-state index in [1.165, 1.54) is 4.90 Å². The minimum absolute atomic E-state index is 0.129. The lowest BCUT2D eigenvalue weighted by Gasteiger charge is -2.35. The molecule has 0 radical (unpaired) electrons. The lowest BCUT2D eigenvalue weighted by molar-refractivity contribution is -0.186. The summed E-state index contributed by atoms with van der Waals surface area (Å²) in [6.07, 6.45) is -4.38. The first-order chi connectivity index (χ1) is 17.0. The Morgan fingerprint density at radius 3 is 2.44 bits per heavy atom. The van der Waals surface area contributed by atoms with E-state index in [9.17, 15) is 27.6 Å². The molecule has 0 unspecified atom stereocenters. The average molecular weight is 515 g/mol. The fourth-order valence-electron chi connectivity index (χ4n) is 4.26. The highest BCUT2D eigenvalue weighted by molar-refractivity contribution is 5.90. The van der Waals surface area contributed by atoms with Gasteiger partial charge in [0.25, 0.3) is 0 Å². The molecule has 0 aromatic heterocycles. The van der Waals surface area contributed by atoms with Gasteiger partial charge < -0.3 is 25.2 Å². The molecule has 11 heteroatoms. The van der Waals surface area contributed by atoms with Crippen LogP contribution in [-0.4, -0.2) is 91.2 Å². The number of nitrogens with zero attached hydrogens (tertiary/aromatic N) is 2. The summed E-state index contributed by atoms with van der Waals surface area (Å²) in [5, 5.41) is 5.53. The first-order valence-electron chi connectivity index (χ1n) is 12.3. The van der Waals surface area contributed by atoms with Crippen molar-refractivity contribution < 1.29 is 32.3 Å². The molecule has 0 saturated carbocycles. The van der Waals surface area contributed by atoms with Crippen LogP contribution in [0.3, 0.4) is 0 Å². The van der Waals surface area contributed by atoms with Crippen molar-refractivity contribution in [3.8, 4) is 0 Å². The molecule has 36 heavy (non-hydrogen) atoms. The molecule has 1 fully saturated rings. The van der Waals surface area contributed by atoms with Crippen LogP contribution in [0.25, 0.3) is 0 Å². The maximum Gasteiger partial charge on any atom is 0.471 e. The number of hydrogen-bond donors (Lipinski definition) is 2. The lowest BCUT2D eigenvalue weighted by atomic mass is 10.1. The van der Waals surface area contributed by atoms with Crippen molar-refractivity contribution in [2.75, 3.05) is 33.3 Å². The van der Waals surface area contributed by atoms with Crippen molar-refractivity contribution in [3.05, 3.63) is 35.9 Å². The summed E-state index contributed by atoms with van der Waals surface area (Å²) in [5.74, 6) is -2.75. The normalized spacial score (nSPS) is 18.4. The molecule has 3 amide bonds. The van der Waals surface area contributed by atoms with Gasteiger partial charge in [-0.3, -0.25) is 14.4 Å². The SMILES string of the molecule is CCO[C@H](C)[C@H](NC(=O)[C@H](C)NC)C(=O)N1CCC[C@H]1CN(CCc1ccccc1)C(=O)C(F)(F)F. The predicted molar refractivity (Wildman–Crippen MR) is 129 cm³/mol. The maximum absolute atomic E-state index is 13.5. The fraction of sp³-hybridized carbons (Fsp3) is 0.640. The molecule has 8 nitrogen and oxygen atoms in total. The monoisotopic (exact) mass is 514 g/mol. The summed E-state index contributed by atoms with van der Waals surface area (Å²) in [4.78, 5) is 40.5. The highest BCUT2D eigenvalue weighted by atomic mass is 19.4. The molecule has 4 atom stereocenters. The predicted octanol–water partition coefficient (Wildman–Crippen LogP) is 2.13. The molecule has 2 rings (SSSR count). The van der Waals surface area contributed by atoms with Gasteiger partial charge in [-0.1, -0.05) is 30.3 Å². The van der Waals surface area contributed by atoms with Crippen LogP contribution in [0.4, 0.5) is 13.2 Å². The Morgan fingerprint density at radius 1 is 1.19 bits per heavy atom. The van der Waals surface area contributed by atoms with Crippen LogP contribution < -0.4 is 10.6 Å². The van der Waals surface area contributed by atoms with Crippen LogP contribution in [-0.2, 0) is 25.5 Å². The Labute approximate surface area is 210 Å². The fourth-order valence-corrected chi connectivity index (χ4v) is 4.26. The van der Waals surface area contributed by atoms with E-state index in [4.69, 9.17) is 4.74 Å². The zero-order valence-corrected chi connectivity index (χ0v) is 21.3. The molecule has 2 N–H and O–H groups in total. The number of halogens is 3. The van der Waals surface area contributed by atoms with Crippen LogP contribution in [0.5, 0.6) is 0 Å². The van der Waals surface area contributed by atoms with Crippen LogP contribution in [0.1, 0.15) is 39.2 Å². The van der Waals surface area contributed by atoms with Crippen molar-refractivity contribution in [2.24, 2.45) is 0 Å². The van der Waals surface area contributed by atoms with Crippen molar-refractivity contribution in [2.45, 2.75) is 70.4 Å². The molecule has 0 spiro atoms. The van der Waals surface area contributed by atoms with E-state index in [0.717, 1.165) is 10.5 Å². The largest absolute Gasteiger partial charge is 0.471 e. The van der Waals surface area contributed by atoms with E-state index >= 15 is 0 Å². The number of hydrogen-bond acceptors (Lipinski definition) is 5. The highest BCUT2D eigenvalue weighted by Gasteiger charge is 2.44. The summed E-state index contributed by atoms with van der Waals surface area (Å²) < 4.78 is 45.7. The Balaban J connectivity index is 2.21. The van der Waals surface area contributed by atoms with E-state index in [-0.39, 0.29) is 19.5 Å². The molecule has 1 aromatic carbocycles. The lowest BCUT2D eigenvalue weighted by Crippen LogP contribution is -2.59. The Hall–Kier alpha value is -2.66. The molecule has 1 heterocycles. The van der Waals surface area contributed by atoms with Gasteiger partial charge in [-0.15, -0.1) is 0 Å². The van der Waals surface area contributed by atoms with Gasteiger partial charge in [0.1, 0.15) is 6.04 Å². The van der Waals surface area contributed by atoms with Crippen LogP contribution in [0, 0.1) is 0 Å². The van der Waals surface area contributed by atoms with Gasteiger partial charge in [0.05, 0.1) is 12.1 Å². The number of rotatable bonds is 12. The summed E-state index contributed by atoms with van der Waals surface area (Å²) >= 11 is 0. The second-order valence-electron chi connectivity index (χ2n) is 8.97. The third-order valence-electron chi connectivity index (χ3n) is 6.42. The summed E-state index contributed by atoms with van der Waals surface area (Å²) in [6.45, 7) is 5.35. The van der Waals surface area contributed by atoms with E-state index in [1.807, 2.05) is 0 Å². The molecule has 0 aliphatic carbocycles. The van der Waals surface area contributed by atoms with Gasteiger partial charge in [0, 0.05) is 32.3 Å². The van der Waals surface area contributed by atoms with Crippen molar-refractivity contribution >= 4 is 17.7 Å². The minimum Gasteiger partial charge on any atom is -0.376 e. The number of carbonyl (C=O) groups excluding carboxylic acids is 3. The van der Waals surface area contributed by atoms with Crippen molar-refractivity contribution in [1.82, 2.24) is 20.4 Å². The maximum atomic E-state index is 13.5. The molecule has 1 aliphatic rings.